The molecule has 0 spiro atoms. The molecule has 4 heteroatoms. The summed E-state index contributed by atoms with van der Waals surface area (Å²) in [5.41, 5.74) is 7.70. The summed E-state index contributed by atoms with van der Waals surface area (Å²) in [7, 11) is 1.66. The first kappa shape index (κ1) is 13.6. The number of nitrogens with two attached hydrogens (primary N) is 1. The van der Waals surface area contributed by atoms with Gasteiger partial charge in [0.1, 0.15) is 11.4 Å². The van der Waals surface area contributed by atoms with Crippen LogP contribution in [-0.4, -0.2) is 12.3 Å². The van der Waals surface area contributed by atoms with E-state index in [1.807, 2.05) is 37.3 Å². The van der Waals surface area contributed by atoms with Gasteiger partial charge in [-0.15, -0.1) is 0 Å². The summed E-state index contributed by atoms with van der Waals surface area (Å²) in [6, 6.07) is 13.9. The standard InChI is InChI=1S/C17H18N2O2/c1-3-13(18)16-10-14(19-21-16)17-12-7-5-4-6-11(12)8-9-15(17)20-2/h4-10,13H,3,18H2,1-2H3. The third-order valence-corrected chi connectivity index (χ3v) is 3.70. The predicted molar refractivity (Wildman–Crippen MR) is 83.2 cm³/mol. The van der Waals surface area contributed by atoms with Crippen LogP contribution < -0.4 is 10.5 Å². The average Bonchev–Trinajstić information content (AvgIpc) is 3.02. The maximum Gasteiger partial charge on any atom is 0.154 e. The topological polar surface area (TPSA) is 61.3 Å². The number of hydrogen-bond acceptors (Lipinski definition) is 4. The second kappa shape index (κ2) is 5.58. The molecule has 1 heterocycles. The molecular formula is C17H18N2O2. The van der Waals surface area contributed by atoms with Gasteiger partial charge in [-0.1, -0.05) is 42.4 Å². The predicted octanol–water partition coefficient (Wildman–Crippen LogP) is 3.91. The van der Waals surface area contributed by atoms with E-state index in [4.69, 9.17) is 15.0 Å². The maximum atomic E-state index is 6.00. The number of rotatable bonds is 4. The molecule has 0 bridgehead atoms. The molecule has 0 aliphatic carbocycles. The molecule has 1 atom stereocenters. The number of aromatic nitrogens is 1. The van der Waals surface area contributed by atoms with Crippen LogP contribution in [0, 0.1) is 0 Å². The van der Waals surface area contributed by atoms with Crippen molar-refractivity contribution in [3.8, 4) is 17.0 Å². The van der Waals surface area contributed by atoms with Crippen LogP contribution in [0.4, 0.5) is 0 Å². The van der Waals surface area contributed by atoms with Gasteiger partial charge in [0.2, 0.25) is 0 Å². The van der Waals surface area contributed by atoms with E-state index in [1.54, 1.807) is 7.11 Å². The molecule has 0 saturated carbocycles. The third kappa shape index (κ3) is 2.38. The summed E-state index contributed by atoms with van der Waals surface area (Å²) in [5, 5.41) is 6.40. The quantitative estimate of drug-likeness (QED) is 0.788. The van der Waals surface area contributed by atoms with E-state index in [2.05, 4.69) is 17.3 Å². The Kier molecular flexibility index (Phi) is 3.62. The molecular weight excluding hydrogens is 264 g/mol. The minimum atomic E-state index is -0.132. The van der Waals surface area contributed by atoms with Crippen molar-refractivity contribution in [2.45, 2.75) is 19.4 Å². The number of fused-ring (bicyclic) bond motifs is 1. The Hall–Kier alpha value is -2.33. The number of methoxy groups -OCH3 is 1. The van der Waals surface area contributed by atoms with Gasteiger partial charge in [-0.2, -0.15) is 0 Å². The molecule has 1 aromatic heterocycles. The van der Waals surface area contributed by atoms with Gasteiger partial charge < -0.3 is 15.0 Å². The van der Waals surface area contributed by atoms with E-state index in [-0.39, 0.29) is 6.04 Å². The van der Waals surface area contributed by atoms with E-state index in [0.29, 0.717) is 5.76 Å². The molecule has 0 radical (unpaired) electrons. The average molecular weight is 282 g/mol. The summed E-state index contributed by atoms with van der Waals surface area (Å²) in [6.07, 6.45) is 0.807. The van der Waals surface area contributed by atoms with Crippen LogP contribution in [0.5, 0.6) is 5.75 Å². The van der Waals surface area contributed by atoms with Gasteiger partial charge in [0.25, 0.3) is 0 Å². The molecule has 2 N–H and O–H groups in total. The Balaban J connectivity index is 2.20. The van der Waals surface area contributed by atoms with Crippen molar-refractivity contribution in [1.29, 1.82) is 0 Å². The van der Waals surface area contributed by atoms with Crippen LogP contribution in [0.2, 0.25) is 0 Å². The fourth-order valence-corrected chi connectivity index (χ4v) is 2.47. The zero-order chi connectivity index (χ0) is 14.8. The SMILES string of the molecule is CCC(N)c1cc(-c2c(OC)ccc3ccccc23)no1. The van der Waals surface area contributed by atoms with Crippen LogP contribution in [0.15, 0.2) is 47.0 Å². The molecule has 2 aromatic carbocycles. The van der Waals surface area contributed by atoms with Gasteiger partial charge in [0, 0.05) is 6.07 Å². The van der Waals surface area contributed by atoms with Crippen LogP contribution in [0.1, 0.15) is 25.1 Å². The van der Waals surface area contributed by atoms with E-state index in [9.17, 15) is 0 Å². The van der Waals surface area contributed by atoms with Crippen LogP contribution in [-0.2, 0) is 0 Å². The summed E-state index contributed by atoms with van der Waals surface area (Å²) >= 11 is 0. The maximum absolute atomic E-state index is 6.00. The van der Waals surface area contributed by atoms with Gasteiger partial charge in [-0.3, -0.25) is 0 Å². The molecule has 0 aliphatic rings. The lowest BCUT2D eigenvalue weighted by Gasteiger charge is -2.09. The highest BCUT2D eigenvalue weighted by Crippen LogP contribution is 2.37. The van der Waals surface area contributed by atoms with Gasteiger partial charge in [0.15, 0.2) is 5.76 Å². The number of benzene rings is 2. The van der Waals surface area contributed by atoms with E-state index in [1.165, 1.54) is 0 Å². The highest BCUT2D eigenvalue weighted by molar-refractivity contribution is 5.98. The summed E-state index contributed by atoms with van der Waals surface area (Å²) < 4.78 is 10.9. The van der Waals surface area contributed by atoms with Gasteiger partial charge in [-0.25, -0.2) is 0 Å². The highest BCUT2D eigenvalue weighted by Gasteiger charge is 2.17. The first-order valence-electron chi connectivity index (χ1n) is 7.03. The molecule has 0 fully saturated rings. The Morgan fingerprint density at radius 1 is 1.24 bits per heavy atom. The molecule has 108 valence electrons. The van der Waals surface area contributed by atoms with Crippen molar-refractivity contribution < 1.29 is 9.26 Å². The minimum Gasteiger partial charge on any atom is -0.496 e. The second-order valence-corrected chi connectivity index (χ2v) is 4.99. The molecule has 0 aliphatic heterocycles. The Morgan fingerprint density at radius 3 is 2.81 bits per heavy atom. The van der Waals surface area contributed by atoms with Crippen molar-refractivity contribution in [3.63, 3.8) is 0 Å². The monoisotopic (exact) mass is 282 g/mol. The van der Waals surface area contributed by atoms with Crippen molar-refractivity contribution in [2.75, 3.05) is 7.11 Å². The second-order valence-electron chi connectivity index (χ2n) is 4.99. The lowest BCUT2D eigenvalue weighted by molar-refractivity contribution is 0.360. The van der Waals surface area contributed by atoms with Crippen molar-refractivity contribution >= 4 is 10.8 Å². The third-order valence-electron chi connectivity index (χ3n) is 3.70. The smallest absolute Gasteiger partial charge is 0.154 e. The van der Waals surface area contributed by atoms with Crippen molar-refractivity contribution in [3.05, 3.63) is 48.2 Å². The van der Waals surface area contributed by atoms with Crippen molar-refractivity contribution in [2.24, 2.45) is 5.73 Å². The molecule has 1 unspecified atom stereocenters. The highest BCUT2D eigenvalue weighted by atomic mass is 16.5. The molecule has 21 heavy (non-hydrogen) atoms. The van der Waals surface area contributed by atoms with Gasteiger partial charge in [-0.05, 0) is 23.3 Å². The first-order chi connectivity index (χ1) is 10.2. The van der Waals surface area contributed by atoms with Crippen LogP contribution >= 0.6 is 0 Å². The largest absolute Gasteiger partial charge is 0.496 e. The Labute approximate surface area is 123 Å². The lowest BCUT2D eigenvalue weighted by Crippen LogP contribution is -2.06. The van der Waals surface area contributed by atoms with E-state index in [0.717, 1.165) is 34.2 Å². The van der Waals surface area contributed by atoms with Crippen LogP contribution in [0.25, 0.3) is 22.0 Å². The Morgan fingerprint density at radius 2 is 2.05 bits per heavy atom. The summed E-state index contributed by atoms with van der Waals surface area (Å²) in [5.74, 6) is 1.47. The van der Waals surface area contributed by atoms with E-state index < -0.39 is 0 Å². The summed E-state index contributed by atoms with van der Waals surface area (Å²) in [4.78, 5) is 0. The molecule has 4 nitrogen and oxygen atoms in total. The fraction of sp³-hybridized carbons (Fsp3) is 0.235. The first-order valence-corrected chi connectivity index (χ1v) is 7.03. The Bertz CT molecular complexity index is 764. The molecule has 0 saturated heterocycles. The molecule has 3 aromatic rings. The van der Waals surface area contributed by atoms with Crippen LogP contribution in [0.3, 0.4) is 0 Å². The van der Waals surface area contributed by atoms with E-state index >= 15 is 0 Å². The molecule has 0 amide bonds. The molecule has 3 rings (SSSR count). The van der Waals surface area contributed by atoms with Gasteiger partial charge in [0.05, 0.1) is 18.7 Å². The van der Waals surface area contributed by atoms with Gasteiger partial charge >= 0.3 is 0 Å². The number of ether oxygens (including phenoxy) is 1. The summed E-state index contributed by atoms with van der Waals surface area (Å²) in [6.45, 7) is 2.02. The lowest BCUT2D eigenvalue weighted by atomic mass is 10.0. The van der Waals surface area contributed by atoms with Crippen molar-refractivity contribution in [1.82, 2.24) is 5.16 Å². The zero-order valence-electron chi connectivity index (χ0n) is 12.2. The fourth-order valence-electron chi connectivity index (χ4n) is 2.47. The number of nitrogens with zero attached hydrogens (tertiary/aromatic N) is 1. The zero-order valence-corrected chi connectivity index (χ0v) is 12.2. The minimum absolute atomic E-state index is 0.132. The number of hydrogen-bond donors (Lipinski definition) is 1. The normalized spacial score (nSPS) is 12.5.